The van der Waals surface area contributed by atoms with Crippen LogP contribution in [-0.2, 0) is 14.3 Å². The van der Waals surface area contributed by atoms with Gasteiger partial charge in [-0.25, -0.2) is 4.79 Å². The van der Waals surface area contributed by atoms with E-state index in [1.165, 1.54) is 0 Å². The highest BCUT2D eigenvalue weighted by molar-refractivity contribution is 6.01. The summed E-state index contributed by atoms with van der Waals surface area (Å²) in [4.78, 5) is 11.8. The van der Waals surface area contributed by atoms with Gasteiger partial charge in [0.15, 0.2) is 0 Å². The number of hydrogen-bond donors (Lipinski definition) is 0. The highest BCUT2D eigenvalue weighted by atomic mass is 16.5. The van der Waals surface area contributed by atoms with Crippen molar-refractivity contribution >= 4 is 11.7 Å². The van der Waals surface area contributed by atoms with E-state index in [9.17, 15) is 4.79 Å². The minimum absolute atomic E-state index is 0.378. The first-order valence-electron chi connectivity index (χ1n) is 6.07. The van der Waals surface area contributed by atoms with Crippen LogP contribution < -0.4 is 4.74 Å². The van der Waals surface area contributed by atoms with Crippen LogP contribution in [0.5, 0.6) is 5.75 Å². The van der Waals surface area contributed by atoms with Crippen molar-refractivity contribution in [3.63, 3.8) is 0 Å². The number of allylic oxidation sites excluding steroid dienone is 1. The van der Waals surface area contributed by atoms with Gasteiger partial charge in [-0.2, -0.15) is 0 Å². The average Bonchev–Trinajstić information content (AvgIpc) is 2.81. The Morgan fingerprint density at radius 3 is 2.53 bits per heavy atom. The van der Waals surface area contributed by atoms with E-state index in [1.54, 1.807) is 20.1 Å². The third-order valence-corrected chi connectivity index (χ3v) is 2.81. The van der Waals surface area contributed by atoms with E-state index in [2.05, 4.69) is 0 Å². The van der Waals surface area contributed by atoms with Crippen LogP contribution in [0.1, 0.15) is 19.4 Å². The Kier molecular flexibility index (Phi) is 3.90. The third-order valence-electron chi connectivity index (χ3n) is 2.81. The molecule has 0 saturated carbocycles. The van der Waals surface area contributed by atoms with Crippen LogP contribution in [0, 0.1) is 0 Å². The first kappa shape index (κ1) is 13.2. The van der Waals surface area contributed by atoms with Crippen molar-refractivity contribution in [2.24, 2.45) is 0 Å². The third kappa shape index (κ3) is 2.78. The Morgan fingerprint density at radius 1 is 1.26 bits per heavy atom. The maximum atomic E-state index is 11.8. The number of ether oxygens (including phenoxy) is 3. The van der Waals surface area contributed by atoms with Crippen LogP contribution in [0.4, 0.5) is 0 Å². The monoisotopic (exact) mass is 260 g/mol. The molecule has 0 spiro atoms. The summed E-state index contributed by atoms with van der Waals surface area (Å²) in [6.45, 7) is 4.15. The molecule has 0 aliphatic carbocycles. The number of carbonyl (C=O) groups excluding carboxylic acids is 1. The molecule has 0 amide bonds. The Morgan fingerprint density at radius 2 is 1.95 bits per heavy atom. The van der Waals surface area contributed by atoms with Gasteiger partial charge in [-0.15, -0.1) is 0 Å². The van der Waals surface area contributed by atoms with Gasteiger partial charge in [0.2, 0.25) is 0 Å². The molecule has 0 bridgehead atoms. The topological polar surface area (TPSA) is 44.8 Å². The molecule has 0 radical (unpaired) electrons. The zero-order valence-corrected chi connectivity index (χ0v) is 11.2. The summed E-state index contributed by atoms with van der Waals surface area (Å²) >= 11 is 0. The van der Waals surface area contributed by atoms with Gasteiger partial charge in [0.05, 0.1) is 13.7 Å². The molecule has 1 heterocycles. The maximum absolute atomic E-state index is 11.8. The molecular weight excluding hydrogens is 244 g/mol. The summed E-state index contributed by atoms with van der Waals surface area (Å²) in [7, 11) is 1.61. The Balaban J connectivity index is 2.28. The molecule has 0 saturated heterocycles. The summed E-state index contributed by atoms with van der Waals surface area (Å²) in [6, 6.07) is 7.33. The van der Waals surface area contributed by atoms with Crippen LogP contribution >= 0.6 is 0 Å². The zero-order chi connectivity index (χ0) is 13.8. The molecule has 0 aromatic heterocycles. The lowest BCUT2D eigenvalue weighted by atomic mass is 10.1. The van der Waals surface area contributed by atoms with E-state index in [1.807, 2.05) is 31.2 Å². The van der Waals surface area contributed by atoms with Gasteiger partial charge in [0, 0.05) is 5.56 Å². The van der Waals surface area contributed by atoms with Gasteiger partial charge in [-0.1, -0.05) is 0 Å². The molecule has 1 aliphatic heterocycles. The van der Waals surface area contributed by atoms with Crippen LogP contribution in [-0.4, -0.2) is 19.7 Å². The number of hydrogen-bond acceptors (Lipinski definition) is 4. The van der Waals surface area contributed by atoms with E-state index in [0.29, 0.717) is 23.7 Å². The fraction of sp³-hybridized carbons (Fsp3) is 0.267. The second-order valence-electron chi connectivity index (χ2n) is 4.03. The van der Waals surface area contributed by atoms with Gasteiger partial charge in [0.25, 0.3) is 0 Å². The number of carbonyl (C=O) groups is 1. The Bertz CT molecular complexity index is 538. The first-order valence-corrected chi connectivity index (χ1v) is 6.07. The van der Waals surface area contributed by atoms with Crippen LogP contribution in [0.25, 0.3) is 5.76 Å². The molecule has 0 N–H and O–H groups in total. The number of esters is 1. The lowest BCUT2D eigenvalue weighted by Gasteiger charge is -2.04. The van der Waals surface area contributed by atoms with Gasteiger partial charge >= 0.3 is 5.97 Å². The highest BCUT2D eigenvalue weighted by Crippen LogP contribution is 2.29. The molecule has 0 unspecified atom stereocenters. The van der Waals surface area contributed by atoms with Crippen molar-refractivity contribution in [1.29, 1.82) is 0 Å². The average molecular weight is 260 g/mol. The molecule has 2 rings (SSSR count). The molecule has 1 aromatic carbocycles. The van der Waals surface area contributed by atoms with Crippen LogP contribution in [0.2, 0.25) is 0 Å². The number of benzene rings is 1. The predicted molar refractivity (Wildman–Crippen MR) is 71.4 cm³/mol. The molecule has 1 aliphatic rings. The zero-order valence-electron chi connectivity index (χ0n) is 11.2. The molecule has 0 atom stereocenters. The fourth-order valence-corrected chi connectivity index (χ4v) is 1.81. The lowest BCUT2D eigenvalue weighted by Crippen LogP contribution is -2.01. The summed E-state index contributed by atoms with van der Waals surface area (Å²) < 4.78 is 15.7. The minimum atomic E-state index is -0.378. The van der Waals surface area contributed by atoms with Gasteiger partial charge in [0.1, 0.15) is 22.8 Å². The highest BCUT2D eigenvalue weighted by Gasteiger charge is 2.24. The van der Waals surface area contributed by atoms with Gasteiger partial charge < -0.3 is 14.2 Å². The number of methoxy groups -OCH3 is 1. The minimum Gasteiger partial charge on any atom is -0.498 e. The van der Waals surface area contributed by atoms with E-state index < -0.39 is 0 Å². The second-order valence-corrected chi connectivity index (χ2v) is 4.03. The number of cyclic esters (lactones) is 1. The van der Waals surface area contributed by atoms with Crippen molar-refractivity contribution in [2.75, 3.05) is 13.7 Å². The van der Waals surface area contributed by atoms with Crippen LogP contribution in [0.3, 0.4) is 0 Å². The van der Waals surface area contributed by atoms with Crippen molar-refractivity contribution in [3.05, 3.63) is 47.2 Å². The predicted octanol–water partition coefficient (Wildman–Crippen LogP) is 2.90. The van der Waals surface area contributed by atoms with E-state index in [-0.39, 0.29) is 5.97 Å². The smallest absolute Gasteiger partial charge is 0.347 e. The van der Waals surface area contributed by atoms with Crippen molar-refractivity contribution < 1.29 is 19.0 Å². The maximum Gasteiger partial charge on any atom is 0.347 e. The quantitative estimate of drug-likeness (QED) is 0.474. The van der Waals surface area contributed by atoms with E-state index in [0.717, 1.165) is 11.3 Å². The molecule has 19 heavy (non-hydrogen) atoms. The van der Waals surface area contributed by atoms with Gasteiger partial charge in [-0.05, 0) is 44.2 Å². The van der Waals surface area contributed by atoms with E-state index >= 15 is 0 Å². The standard InChI is InChI=1S/C15H16O4/c1-4-18-10(2)13-9-14(19-15(13)16)11-5-7-12(17-3)8-6-11/h5-9H,4H2,1-3H3. The van der Waals surface area contributed by atoms with Crippen molar-refractivity contribution in [3.8, 4) is 5.75 Å². The molecule has 4 heteroatoms. The first-order chi connectivity index (χ1) is 9.15. The largest absolute Gasteiger partial charge is 0.498 e. The molecular formula is C15H16O4. The lowest BCUT2D eigenvalue weighted by molar-refractivity contribution is -0.131. The summed E-state index contributed by atoms with van der Waals surface area (Å²) in [5, 5.41) is 0. The summed E-state index contributed by atoms with van der Waals surface area (Å²) in [5.74, 6) is 1.49. The summed E-state index contributed by atoms with van der Waals surface area (Å²) in [5.41, 5.74) is 1.29. The second kappa shape index (κ2) is 5.61. The molecule has 4 nitrogen and oxygen atoms in total. The fourth-order valence-electron chi connectivity index (χ4n) is 1.81. The van der Waals surface area contributed by atoms with Crippen LogP contribution in [0.15, 0.2) is 41.7 Å². The van der Waals surface area contributed by atoms with Crippen molar-refractivity contribution in [1.82, 2.24) is 0 Å². The molecule has 100 valence electrons. The van der Waals surface area contributed by atoms with Crippen molar-refractivity contribution in [2.45, 2.75) is 13.8 Å². The summed E-state index contributed by atoms with van der Waals surface area (Å²) in [6.07, 6.45) is 1.70. The molecule has 1 aromatic rings. The Labute approximate surface area is 112 Å². The Hall–Kier alpha value is -2.23. The SMILES string of the molecule is CCOC(C)=C1C=C(c2ccc(OC)cc2)OC1=O. The van der Waals surface area contributed by atoms with Gasteiger partial charge in [-0.3, -0.25) is 0 Å². The van der Waals surface area contributed by atoms with E-state index in [4.69, 9.17) is 14.2 Å². The normalized spacial score (nSPS) is 16.8. The number of rotatable bonds is 4. The molecule has 0 fully saturated rings.